The van der Waals surface area contributed by atoms with Gasteiger partial charge in [-0.15, -0.1) is 0 Å². The first-order valence-electron chi connectivity index (χ1n) is 10.3. The number of hydrogen-bond donors (Lipinski definition) is 1. The Morgan fingerprint density at radius 3 is 2.34 bits per heavy atom. The van der Waals surface area contributed by atoms with Crippen LogP contribution in [-0.4, -0.2) is 42.6 Å². The number of carbonyl (C=O) groups excluding carboxylic acids is 1. The van der Waals surface area contributed by atoms with E-state index in [0.29, 0.717) is 29.8 Å². The number of aryl methyl sites for hydroxylation is 1. The number of amides is 1. The fourth-order valence-corrected chi connectivity index (χ4v) is 5.04. The van der Waals surface area contributed by atoms with E-state index in [9.17, 15) is 13.2 Å². The van der Waals surface area contributed by atoms with Gasteiger partial charge in [-0.25, -0.2) is 18.4 Å². The van der Waals surface area contributed by atoms with Crippen molar-refractivity contribution in [2.75, 3.05) is 19.0 Å². The van der Waals surface area contributed by atoms with Crippen LogP contribution in [0.2, 0.25) is 0 Å². The lowest BCUT2D eigenvalue weighted by molar-refractivity contribution is -0.115. The number of anilines is 1. The fraction of sp³-hybridized carbons (Fsp3) is 0.261. The van der Waals surface area contributed by atoms with Crippen LogP contribution in [0.5, 0.6) is 0 Å². The molecular formula is C23H24N4O4S. The number of ether oxygens (including phenoxy) is 1. The van der Waals surface area contributed by atoms with E-state index in [1.165, 1.54) is 0 Å². The van der Waals surface area contributed by atoms with Crippen LogP contribution < -0.4 is 5.32 Å². The highest BCUT2D eigenvalue weighted by Crippen LogP contribution is 2.37. The predicted octanol–water partition coefficient (Wildman–Crippen LogP) is 3.72. The number of methoxy groups -OCH3 is 1. The average molecular weight is 453 g/mol. The van der Waals surface area contributed by atoms with E-state index in [-0.39, 0.29) is 33.5 Å². The molecule has 0 fully saturated rings. The molecule has 0 unspecified atom stereocenters. The van der Waals surface area contributed by atoms with Gasteiger partial charge >= 0.3 is 0 Å². The number of carbonyl (C=O) groups is 1. The van der Waals surface area contributed by atoms with Crippen LogP contribution in [0.15, 0.2) is 58.3 Å². The smallest absolute Gasteiger partial charge is 0.225 e. The van der Waals surface area contributed by atoms with Gasteiger partial charge in [0.05, 0.1) is 22.5 Å². The van der Waals surface area contributed by atoms with Crippen molar-refractivity contribution >= 4 is 43.8 Å². The normalized spacial score (nSPS) is 11.8. The average Bonchev–Trinajstić information content (AvgIpc) is 3.08. The lowest BCUT2D eigenvalue weighted by Gasteiger charge is -2.12. The Bertz CT molecular complexity index is 1410. The van der Waals surface area contributed by atoms with Crippen LogP contribution in [0.1, 0.15) is 18.9 Å². The Kier molecular flexibility index (Phi) is 5.94. The molecular weight excluding hydrogens is 428 g/mol. The lowest BCUT2D eigenvalue weighted by Crippen LogP contribution is -2.17. The quantitative estimate of drug-likeness (QED) is 0.458. The highest BCUT2D eigenvalue weighted by atomic mass is 32.2. The van der Waals surface area contributed by atoms with E-state index in [0.717, 1.165) is 5.56 Å². The number of rotatable bonds is 7. The molecule has 4 rings (SSSR count). The van der Waals surface area contributed by atoms with Crippen molar-refractivity contribution < 1.29 is 17.9 Å². The number of para-hydroxylation sites is 2. The maximum atomic E-state index is 13.8. The summed E-state index contributed by atoms with van der Waals surface area (Å²) in [6, 6.07) is 13.8. The molecule has 0 spiro atoms. The zero-order valence-corrected chi connectivity index (χ0v) is 18.9. The standard InChI is InChI=1S/C23H24N4O4S/c1-4-19(28)26-23-21(32(29,30)16-11-9-15(2)10-12-16)20-22(27(23)13-14-31-3)25-18-8-6-5-7-17(18)24-20/h5-12H,4,13-14H2,1-3H3,(H,26,28). The summed E-state index contributed by atoms with van der Waals surface area (Å²) in [6.45, 7) is 4.19. The van der Waals surface area contributed by atoms with Gasteiger partial charge in [-0.2, -0.15) is 0 Å². The van der Waals surface area contributed by atoms with Gasteiger partial charge in [0.2, 0.25) is 15.7 Å². The largest absolute Gasteiger partial charge is 0.383 e. The number of hydrogen-bond acceptors (Lipinski definition) is 6. The number of aromatic nitrogens is 3. The highest BCUT2D eigenvalue weighted by molar-refractivity contribution is 7.92. The van der Waals surface area contributed by atoms with E-state index in [4.69, 9.17) is 9.72 Å². The second kappa shape index (κ2) is 8.68. The summed E-state index contributed by atoms with van der Waals surface area (Å²) >= 11 is 0. The zero-order chi connectivity index (χ0) is 22.9. The first-order valence-corrected chi connectivity index (χ1v) is 11.7. The molecule has 0 radical (unpaired) electrons. The maximum absolute atomic E-state index is 13.8. The van der Waals surface area contributed by atoms with Crippen LogP contribution >= 0.6 is 0 Å². The highest BCUT2D eigenvalue weighted by Gasteiger charge is 2.32. The van der Waals surface area contributed by atoms with Gasteiger partial charge in [0.1, 0.15) is 16.2 Å². The van der Waals surface area contributed by atoms with E-state index in [1.54, 1.807) is 48.9 Å². The lowest BCUT2D eigenvalue weighted by atomic mass is 10.2. The molecule has 0 bridgehead atoms. The molecule has 32 heavy (non-hydrogen) atoms. The monoisotopic (exact) mass is 452 g/mol. The Morgan fingerprint density at radius 2 is 1.72 bits per heavy atom. The second-order valence-corrected chi connectivity index (χ2v) is 9.31. The summed E-state index contributed by atoms with van der Waals surface area (Å²) in [5.41, 5.74) is 2.72. The minimum atomic E-state index is -4.02. The van der Waals surface area contributed by atoms with Crippen molar-refractivity contribution in [3.05, 3.63) is 54.1 Å². The Labute approximate surface area is 186 Å². The number of nitrogens with one attached hydrogen (secondary N) is 1. The number of benzene rings is 2. The van der Waals surface area contributed by atoms with Gasteiger partial charge in [0.25, 0.3) is 0 Å². The van der Waals surface area contributed by atoms with Crippen molar-refractivity contribution in [1.82, 2.24) is 14.5 Å². The van der Waals surface area contributed by atoms with E-state index < -0.39 is 9.84 Å². The summed E-state index contributed by atoms with van der Waals surface area (Å²) in [5.74, 6) is -0.156. The van der Waals surface area contributed by atoms with Crippen molar-refractivity contribution in [2.45, 2.75) is 36.6 Å². The van der Waals surface area contributed by atoms with Crippen LogP contribution in [0.4, 0.5) is 5.82 Å². The van der Waals surface area contributed by atoms with Gasteiger partial charge in [0, 0.05) is 20.1 Å². The zero-order valence-electron chi connectivity index (χ0n) is 18.1. The first kappa shape index (κ1) is 21.9. The molecule has 0 aliphatic carbocycles. The third kappa shape index (κ3) is 3.85. The third-order valence-electron chi connectivity index (χ3n) is 5.21. The molecule has 0 saturated carbocycles. The Hall–Kier alpha value is -3.30. The summed E-state index contributed by atoms with van der Waals surface area (Å²) in [4.78, 5) is 21.8. The topological polar surface area (TPSA) is 103 Å². The SMILES string of the molecule is CCC(=O)Nc1c(S(=O)(=O)c2ccc(C)cc2)c2nc3ccccc3nc2n1CCOC. The molecule has 8 nitrogen and oxygen atoms in total. The molecule has 0 aliphatic heterocycles. The maximum Gasteiger partial charge on any atom is 0.225 e. The van der Waals surface area contributed by atoms with Gasteiger partial charge in [-0.05, 0) is 31.2 Å². The Balaban J connectivity index is 2.10. The van der Waals surface area contributed by atoms with Crippen molar-refractivity contribution in [2.24, 2.45) is 0 Å². The summed E-state index contributed by atoms with van der Waals surface area (Å²) in [7, 11) is -2.46. The molecule has 2 heterocycles. The van der Waals surface area contributed by atoms with Crippen LogP contribution in [-0.2, 0) is 25.9 Å². The third-order valence-corrected chi connectivity index (χ3v) is 7.02. The van der Waals surface area contributed by atoms with Crippen LogP contribution in [0.3, 0.4) is 0 Å². The Morgan fingerprint density at radius 1 is 1.06 bits per heavy atom. The summed E-state index contributed by atoms with van der Waals surface area (Å²) < 4.78 is 34.5. The molecule has 0 atom stereocenters. The van der Waals surface area contributed by atoms with Crippen LogP contribution in [0.25, 0.3) is 22.2 Å². The van der Waals surface area contributed by atoms with Crippen molar-refractivity contribution in [3.63, 3.8) is 0 Å². The van der Waals surface area contributed by atoms with Crippen molar-refractivity contribution in [3.8, 4) is 0 Å². The van der Waals surface area contributed by atoms with Crippen molar-refractivity contribution in [1.29, 1.82) is 0 Å². The van der Waals surface area contributed by atoms with Gasteiger partial charge < -0.3 is 14.6 Å². The molecule has 0 aliphatic rings. The van der Waals surface area contributed by atoms with Gasteiger partial charge in [-0.3, -0.25) is 4.79 Å². The predicted molar refractivity (Wildman–Crippen MR) is 122 cm³/mol. The van der Waals surface area contributed by atoms with Gasteiger partial charge in [-0.1, -0.05) is 36.8 Å². The molecule has 0 saturated heterocycles. The fourth-order valence-electron chi connectivity index (χ4n) is 3.51. The van der Waals surface area contributed by atoms with Gasteiger partial charge in [0.15, 0.2) is 5.65 Å². The summed E-state index contributed by atoms with van der Waals surface area (Å²) in [5, 5.41) is 2.78. The molecule has 166 valence electrons. The summed E-state index contributed by atoms with van der Waals surface area (Å²) in [6.07, 6.45) is 0.193. The molecule has 4 aromatic rings. The van der Waals surface area contributed by atoms with E-state index >= 15 is 0 Å². The molecule has 1 amide bonds. The minimum Gasteiger partial charge on any atom is -0.383 e. The van der Waals surface area contributed by atoms with E-state index in [1.807, 2.05) is 25.1 Å². The van der Waals surface area contributed by atoms with Crippen LogP contribution in [0, 0.1) is 6.92 Å². The molecule has 1 N–H and O–H groups in total. The minimum absolute atomic E-state index is 0.0625. The number of fused-ring (bicyclic) bond motifs is 2. The number of sulfone groups is 1. The molecule has 2 aromatic carbocycles. The molecule has 9 heteroatoms. The first-order chi connectivity index (χ1) is 15.4. The second-order valence-electron chi connectivity index (χ2n) is 7.42. The number of nitrogens with zero attached hydrogens (tertiary/aromatic N) is 3. The van der Waals surface area contributed by atoms with E-state index in [2.05, 4.69) is 10.3 Å². The molecule has 2 aromatic heterocycles.